The van der Waals surface area contributed by atoms with Gasteiger partial charge in [0.05, 0.1) is 13.2 Å². The third-order valence-corrected chi connectivity index (χ3v) is 2.78. The summed E-state index contributed by atoms with van der Waals surface area (Å²) < 4.78 is 10.5. The second kappa shape index (κ2) is 7.67. The Kier molecular flexibility index (Phi) is 6.52. The molecule has 0 radical (unpaired) electrons. The van der Waals surface area contributed by atoms with Gasteiger partial charge in [0, 0.05) is 20.2 Å². The van der Waals surface area contributed by atoms with Crippen LogP contribution in [0.1, 0.15) is 26.7 Å². The quantitative estimate of drug-likeness (QED) is 0.616. The van der Waals surface area contributed by atoms with Crippen LogP contribution in [0.3, 0.4) is 0 Å². The van der Waals surface area contributed by atoms with Crippen LogP contribution in [-0.2, 0) is 14.3 Å². The molecule has 1 aliphatic rings. The van der Waals surface area contributed by atoms with E-state index in [1.165, 1.54) is 12.8 Å². The molecule has 0 aromatic carbocycles. The van der Waals surface area contributed by atoms with Gasteiger partial charge in [-0.15, -0.1) is 0 Å². The first-order valence-electron chi connectivity index (χ1n) is 6.48. The standard InChI is InChI=1S/C13H25NO3/c1-11(2)8-14(6-7-16-3)13(15)10-17-9-12-4-5-12/h11-12H,4-10H2,1-3H3. The number of hydrogen-bond acceptors (Lipinski definition) is 3. The summed E-state index contributed by atoms with van der Waals surface area (Å²) in [6, 6.07) is 0. The summed E-state index contributed by atoms with van der Waals surface area (Å²) in [7, 11) is 1.65. The van der Waals surface area contributed by atoms with Crippen LogP contribution in [0.15, 0.2) is 0 Å². The molecule has 0 N–H and O–H groups in total. The molecular formula is C13H25NO3. The SMILES string of the molecule is COCCN(CC(C)C)C(=O)COCC1CC1. The third-order valence-electron chi connectivity index (χ3n) is 2.78. The van der Waals surface area contributed by atoms with Gasteiger partial charge in [0.1, 0.15) is 6.61 Å². The monoisotopic (exact) mass is 243 g/mol. The molecule has 0 saturated heterocycles. The maximum absolute atomic E-state index is 11.9. The van der Waals surface area contributed by atoms with Crippen LogP contribution < -0.4 is 0 Å². The van der Waals surface area contributed by atoms with Crippen molar-refractivity contribution in [2.75, 3.05) is 40.0 Å². The van der Waals surface area contributed by atoms with E-state index in [-0.39, 0.29) is 12.5 Å². The predicted molar refractivity (Wildman–Crippen MR) is 66.8 cm³/mol. The Labute approximate surface area is 104 Å². The fourth-order valence-electron chi connectivity index (χ4n) is 1.65. The summed E-state index contributed by atoms with van der Waals surface area (Å²) in [4.78, 5) is 13.8. The van der Waals surface area contributed by atoms with Crippen molar-refractivity contribution in [3.05, 3.63) is 0 Å². The summed E-state index contributed by atoms with van der Waals surface area (Å²) in [5.74, 6) is 1.26. The molecule has 0 aliphatic heterocycles. The number of carbonyl (C=O) groups excluding carboxylic acids is 1. The first-order valence-corrected chi connectivity index (χ1v) is 6.48. The van der Waals surface area contributed by atoms with Gasteiger partial charge in [-0.1, -0.05) is 13.8 Å². The molecule has 0 spiro atoms. The number of methoxy groups -OCH3 is 1. The number of carbonyl (C=O) groups is 1. The first-order chi connectivity index (χ1) is 8.13. The molecule has 4 heteroatoms. The van der Waals surface area contributed by atoms with Crippen molar-refractivity contribution in [1.82, 2.24) is 4.90 Å². The van der Waals surface area contributed by atoms with Crippen LogP contribution in [-0.4, -0.2) is 50.8 Å². The second-order valence-electron chi connectivity index (χ2n) is 5.18. The van der Waals surface area contributed by atoms with Gasteiger partial charge < -0.3 is 14.4 Å². The van der Waals surface area contributed by atoms with Gasteiger partial charge in [-0.05, 0) is 24.7 Å². The highest BCUT2D eigenvalue weighted by atomic mass is 16.5. The Morgan fingerprint density at radius 2 is 2.12 bits per heavy atom. The van der Waals surface area contributed by atoms with Gasteiger partial charge in [0.2, 0.25) is 5.91 Å². The van der Waals surface area contributed by atoms with E-state index >= 15 is 0 Å². The van der Waals surface area contributed by atoms with E-state index in [0.29, 0.717) is 25.0 Å². The molecule has 17 heavy (non-hydrogen) atoms. The minimum Gasteiger partial charge on any atom is -0.383 e. The zero-order valence-corrected chi connectivity index (χ0v) is 11.3. The minimum atomic E-state index is 0.0800. The highest BCUT2D eigenvalue weighted by Gasteiger charge is 2.22. The van der Waals surface area contributed by atoms with E-state index in [1.54, 1.807) is 7.11 Å². The largest absolute Gasteiger partial charge is 0.383 e. The molecule has 0 atom stereocenters. The van der Waals surface area contributed by atoms with Crippen molar-refractivity contribution in [2.45, 2.75) is 26.7 Å². The molecule has 4 nitrogen and oxygen atoms in total. The molecule has 100 valence electrons. The first kappa shape index (κ1) is 14.5. The average Bonchev–Trinajstić information content (AvgIpc) is 3.07. The third kappa shape index (κ3) is 6.64. The molecule has 0 aromatic heterocycles. The Balaban J connectivity index is 2.23. The summed E-state index contributed by atoms with van der Waals surface area (Å²) in [6.45, 7) is 7.19. The molecule has 0 heterocycles. The van der Waals surface area contributed by atoms with Crippen molar-refractivity contribution < 1.29 is 14.3 Å². The smallest absolute Gasteiger partial charge is 0.248 e. The zero-order chi connectivity index (χ0) is 12.7. The van der Waals surface area contributed by atoms with Crippen molar-refractivity contribution in [1.29, 1.82) is 0 Å². The second-order valence-corrected chi connectivity index (χ2v) is 5.18. The summed E-state index contributed by atoms with van der Waals surface area (Å²) in [5.41, 5.74) is 0. The van der Waals surface area contributed by atoms with Crippen molar-refractivity contribution in [3.8, 4) is 0 Å². The van der Waals surface area contributed by atoms with Gasteiger partial charge in [-0.3, -0.25) is 4.79 Å². The lowest BCUT2D eigenvalue weighted by atomic mass is 10.2. The van der Waals surface area contributed by atoms with Gasteiger partial charge in [-0.2, -0.15) is 0 Å². The minimum absolute atomic E-state index is 0.0800. The number of nitrogens with zero attached hydrogens (tertiary/aromatic N) is 1. The molecule has 0 aromatic rings. The van der Waals surface area contributed by atoms with E-state index in [2.05, 4.69) is 13.8 Å². The van der Waals surface area contributed by atoms with Crippen LogP contribution >= 0.6 is 0 Å². The number of rotatable bonds is 9. The Morgan fingerprint density at radius 1 is 1.41 bits per heavy atom. The van der Waals surface area contributed by atoms with E-state index in [9.17, 15) is 4.79 Å². The molecule has 1 aliphatic carbocycles. The molecule has 0 bridgehead atoms. The fourth-order valence-corrected chi connectivity index (χ4v) is 1.65. The van der Waals surface area contributed by atoms with E-state index in [1.807, 2.05) is 4.90 Å². The van der Waals surface area contributed by atoms with Crippen LogP contribution in [0.2, 0.25) is 0 Å². The number of hydrogen-bond donors (Lipinski definition) is 0. The number of ether oxygens (including phenoxy) is 2. The molecule has 1 saturated carbocycles. The van der Waals surface area contributed by atoms with Crippen LogP contribution in [0, 0.1) is 11.8 Å². The van der Waals surface area contributed by atoms with Crippen molar-refractivity contribution >= 4 is 5.91 Å². The Morgan fingerprint density at radius 3 is 2.65 bits per heavy atom. The highest BCUT2D eigenvalue weighted by Crippen LogP contribution is 2.28. The molecular weight excluding hydrogens is 218 g/mol. The van der Waals surface area contributed by atoms with E-state index in [4.69, 9.17) is 9.47 Å². The number of amides is 1. The zero-order valence-electron chi connectivity index (χ0n) is 11.3. The van der Waals surface area contributed by atoms with Crippen molar-refractivity contribution in [2.24, 2.45) is 11.8 Å². The summed E-state index contributed by atoms with van der Waals surface area (Å²) in [5, 5.41) is 0. The lowest BCUT2D eigenvalue weighted by Gasteiger charge is -2.24. The normalized spacial score (nSPS) is 15.3. The van der Waals surface area contributed by atoms with Crippen molar-refractivity contribution in [3.63, 3.8) is 0 Å². The lowest BCUT2D eigenvalue weighted by Crippen LogP contribution is -2.39. The maximum atomic E-state index is 11.9. The van der Waals surface area contributed by atoms with Crippen LogP contribution in [0.4, 0.5) is 0 Å². The molecule has 0 unspecified atom stereocenters. The van der Waals surface area contributed by atoms with E-state index < -0.39 is 0 Å². The fraction of sp³-hybridized carbons (Fsp3) is 0.923. The van der Waals surface area contributed by atoms with Gasteiger partial charge >= 0.3 is 0 Å². The van der Waals surface area contributed by atoms with Gasteiger partial charge in [0.15, 0.2) is 0 Å². The summed E-state index contributed by atoms with van der Waals surface area (Å²) in [6.07, 6.45) is 2.52. The average molecular weight is 243 g/mol. The molecule has 1 amide bonds. The molecule has 1 fully saturated rings. The lowest BCUT2D eigenvalue weighted by molar-refractivity contribution is -0.137. The molecule has 1 rings (SSSR count). The van der Waals surface area contributed by atoms with Crippen LogP contribution in [0.25, 0.3) is 0 Å². The van der Waals surface area contributed by atoms with Crippen LogP contribution in [0.5, 0.6) is 0 Å². The van der Waals surface area contributed by atoms with Gasteiger partial charge in [-0.25, -0.2) is 0 Å². The summed E-state index contributed by atoms with van der Waals surface area (Å²) >= 11 is 0. The Hall–Kier alpha value is -0.610. The maximum Gasteiger partial charge on any atom is 0.248 e. The van der Waals surface area contributed by atoms with Gasteiger partial charge in [0.25, 0.3) is 0 Å². The topological polar surface area (TPSA) is 38.8 Å². The predicted octanol–water partition coefficient (Wildman–Crippen LogP) is 1.54. The Bertz CT molecular complexity index is 227. The highest BCUT2D eigenvalue weighted by molar-refractivity contribution is 5.77. The van der Waals surface area contributed by atoms with E-state index in [0.717, 1.165) is 13.2 Å².